The number of pyridine rings is 1. The molecule has 0 aliphatic rings. The topological polar surface area (TPSA) is 29.9 Å². The van der Waals surface area contributed by atoms with Gasteiger partial charge in [0.05, 0.1) is 0 Å². The number of oxazole rings is 1. The van der Waals surface area contributed by atoms with E-state index < -0.39 is 0 Å². The van der Waals surface area contributed by atoms with Crippen molar-refractivity contribution in [2.75, 3.05) is 6.26 Å². The van der Waals surface area contributed by atoms with Crippen molar-refractivity contribution in [3.63, 3.8) is 0 Å². The lowest BCUT2D eigenvalue weighted by Gasteiger charge is -1.83. The molecule has 0 amide bonds. The van der Waals surface area contributed by atoms with Gasteiger partial charge in [0.25, 0.3) is 5.22 Å². The molecule has 2 heterocycles. The van der Waals surface area contributed by atoms with Gasteiger partial charge < -0.3 is 4.42 Å². The van der Waals surface area contributed by atoms with Crippen LogP contribution in [0.2, 0.25) is 0 Å². The minimum Gasteiger partial charge on any atom is -0.425 e. The van der Waals surface area contributed by atoms with Gasteiger partial charge in [0.2, 0.25) is 11.8 Å². The third kappa shape index (κ3) is 1.18. The zero-order chi connectivity index (χ0) is 8.55. The van der Waals surface area contributed by atoms with Crippen molar-refractivity contribution in [3.8, 4) is 0 Å². The summed E-state index contributed by atoms with van der Waals surface area (Å²) in [6.07, 6.45) is 5.82. The van der Waals surface area contributed by atoms with E-state index in [1.807, 2.05) is 36.3 Å². The van der Waals surface area contributed by atoms with E-state index in [9.17, 15) is 0 Å². The fourth-order valence-electron chi connectivity index (χ4n) is 1.04. The highest BCUT2D eigenvalue weighted by atomic mass is 32.2. The predicted octanol–water partition coefficient (Wildman–Crippen LogP) is 1.37. The van der Waals surface area contributed by atoms with Crippen LogP contribution in [0.15, 0.2) is 28.1 Å². The average molecular weight is 181 g/mol. The zero-order valence-corrected chi connectivity index (χ0v) is 7.76. The number of aryl methyl sites for hydroxylation is 1. The van der Waals surface area contributed by atoms with Gasteiger partial charge in [-0.05, 0) is 6.26 Å². The molecule has 0 saturated carbocycles. The first kappa shape index (κ1) is 7.61. The number of fused-ring (bicyclic) bond motifs is 1. The molecule has 12 heavy (non-hydrogen) atoms. The molecule has 62 valence electrons. The largest absolute Gasteiger partial charge is 0.425 e. The van der Waals surface area contributed by atoms with Crippen LogP contribution in [-0.4, -0.2) is 11.2 Å². The van der Waals surface area contributed by atoms with Gasteiger partial charge in [-0.25, -0.2) is 9.55 Å². The highest BCUT2D eigenvalue weighted by molar-refractivity contribution is 7.98. The van der Waals surface area contributed by atoms with Gasteiger partial charge in [-0.2, -0.15) is 0 Å². The Kier molecular flexibility index (Phi) is 1.77. The van der Waals surface area contributed by atoms with Crippen LogP contribution in [-0.2, 0) is 7.05 Å². The average Bonchev–Trinajstić information content (AvgIpc) is 2.46. The highest BCUT2D eigenvalue weighted by Crippen LogP contribution is 2.19. The van der Waals surface area contributed by atoms with E-state index in [2.05, 4.69) is 4.98 Å². The molecule has 4 heteroatoms. The molecular formula is C8H9N2OS+. The fourth-order valence-corrected chi connectivity index (χ4v) is 1.40. The minimum atomic E-state index is 0.719. The summed E-state index contributed by atoms with van der Waals surface area (Å²) in [5.41, 5.74) is 1.75. The molecule has 0 aliphatic heterocycles. The van der Waals surface area contributed by atoms with E-state index in [0.717, 1.165) is 16.3 Å². The quantitative estimate of drug-likeness (QED) is 0.491. The van der Waals surface area contributed by atoms with Crippen molar-refractivity contribution >= 4 is 22.9 Å². The molecule has 0 radical (unpaired) electrons. The third-order valence-electron chi connectivity index (χ3n) is 1.62. The van der Waals surface area contributed by atoms with Crippen LogP contribution in [0.4, 0.5) is 0 Å². The summed E-state index contributed by atoms with van der Waals surface area (Å²) < 4.78 is 7.37. The van der Waals surface area contributed by atoms with Gasteiger partial charge >= 0.3 is 0 Å². The maximum atomic E-state index is 5.43. The summed E-state index contributed by atoms with van der Waals surface area (Å²) in [5, 5.41) is 0.719. The van der Waals surface area contributed by atoms with Crippen molar-refractivity contribution in [2.45, 2.75) is 5.22 Å². The molecule has 0 spiro atoms. The molecule has 2 aromatic rings. The first-order chi connectivity index (χ1) is 5.79. The molecule has 0 bridgehead atoms. The Morgan fingerprint density at radius 1 is 1.58 bits per heavy atom. The van der Waals surface area contributed by atoms with Crippen LogP contribution in [0.25, 0.3) is 11.1 Å². The van der Waals surface area contributed by atoms with Crippen molar-refractivity contribution in [3.05, 3.63) is 18.5 Å². The van der Waals surface area contributed by atoms with E-state index >= 15 is 0 Å². The third-order valence-corrected chi connectivity index (χ3v) is 2.15. The monoisotopic (exact) mass is 181 g/mol. The van der Waals surface area contributed by atoms with Crippen LogP contribution in [0.1, 0.15) is 0 Å². The molecule has 0 aliphatic carbocycles. The standard InChI is InChI=1S/C8H9N2OS/c1-10-4-3-6-7(5-10)11-8(9-6)12-2/h3-5H,1-2H3/q+1. The number of hydrogen-bond acceptors (Lipinski definition) is 3. The zero-order valence-electron chi connectivity index (χ0n) is 6.94. The van der Waals surface area contributed by atoms with E-state index in [1.54, 1.807) is 0 Å². The van der Waals surface area contributed by atoms with Crippen LogP contribution < -0.4 is 4.57 Å². The van der Waals surface area contributed by atoms with Gasteiger partial charge in [0.15, 0.2) is 6.20 Å². The number of rotatable bonds is 1. The molecule has 2 aromatic heterocycles. The first-order valence-electron chi connectivity index (χ1n) is 3.59. The lowest BCUT2D eigenvalue weighted by molar-refractivity contribution is -0.670. The van der Waals surface area contributed by atoms with Crippen LogP contribution in [0.3, 0.4) is 0 Å². The Morgan fingerprint density at radius 3 is 3.17 bits per heavy atom. The maximum Gasteiger partial charge on any atom is 0.256 e. The second kappa shape index (κ2) is 2.79. The minimum absolute atomic E-state index is 0.719. The molecular weight excluding hydrogens is 172 g/mol. The fraction of sp³-hybridized carbons (Fsp3) is 0.250. The molecule has 0 atom stereocenters. The van der Waals surface area contributed by atoms with Gasteiger partial charge in [0.1, 0.15) is 12.6 Å². The van der Waals surface area contributed by atoms with E-state index in [0.29, 0.717) is 0 Å². The summed E-state index contributed by atoms with van der Waals surface area (Å²) in [4.78, 5) is 4.26. The smallest absolute Gasteiger partial charge is 0.256 e. The Balaban J connectivity index is 2.67. The SMILES string of the molecule is CSc1nc2cc[n+](C)cc2o1. The maximum absolute atomic E-state index is 5.43. The Labute approximate surface area is 74.4 Å². The lowest BCUT2D eigenvalue weighted by atomic mass is 10.4. The molecule has 0 aromatic carbocycles. The number of thioether (sulfide) groups is 1. The Morgan fingerprint density at radius 2 is 2.42 bits per heavy atom. The van der Waals surface area contributed by atoms with Crippen molar-refractivity contribution in [2.24, 2.45) is 7.05 Å². The second-order valence-corrected chi connectivity index (χ2v) is 3.30. The molecule has 0 saturated heterocycles. The van der Waals surface area contributed by atoms with Gasteiger partial charge in [0, 0.05) is 6.07 Å². The predicted molar refractivity (Wildman–Crippen MR) is 47.0 cm³/mol. The molecule has 3 nitrogen and oxygen atoms in total. The Hall–Kier alpha value is -1.03. The normalized spacial score (nSPS) is 10.8. The number of hydrogen-bond donors (Lipinski definition) is 0. The second-order valence-electron chi connectivity index (χ2n) is 2.54. The van der Waals surface area contributed by atoms with Gasteiger partial charge in [-0.1, -0.05) is 11.8 Å². The molecule has 0 N–H and O–H groups in total. The number of nitrogens with zero attached hydrogens (tertiary/aromatic N) is 2. The first-order valence-corrected chi connectivity index (χ1v) is 4.82. The van der Waals surface area contributed by atoms with Crippen LogP contribution >= 0.6 is 11.8 Å². The van der Waals surface area contributed by atoms with Gasteiger partial charge in [-0.15, -0.1) is 0 Å². The van der Waals surface area contributed by atoms with E-state index in [-0.39, 0.29) is 0 Å². The van der Waals surface area contributed by atoms with Crippen LogP contribution in [0.5, 0.6) is 0 Å². The van der Waals surface area contributed by atoms with Crippen molar-refractivity contribution in [1.82, 2.24) is 4.98 Å². The van der Waals surface area contributed by atoms with Gasteiger partial charge in [-0.3, -0.25) is 0 Å². The van der Waals surface area contributed by atoms with Crippen molar-refractivity contribution < 1.29 is 8.98 Å². The summed E-state index contributed by atoms with van der Waals surface area (Å²) in [5.74, 6) is 0. The molecule has 0 unspecified atom stereocenters. The highest BCUT2D eigenvalue weighted by Gasteiger charge is 2.06. The summed E-state index contributed by atoms with van der Waals surface area (Å²) >= 11 is 1.51. The summed E-state index contributed by atoms with van der Waals surface area (Å²) in [6.45, 7) is 0. The summed E-state index contributed by atoms with van der Waals surface area (Å²) in [7, 11) is 1.96. The Bertz CT molecular complexity index is 410. The van der Waals surface area contributed by atoms with E-state index in [1.165, 1.54) is 11.8 Å². The number of aromatic nitrogens is 2. The van der Waals surface area contributed by atoms with Crippen molar-refractivity contribution in [1.29, 1.82) is 0 Å². The molecule has 2 rings (SSSR count). The van der Waals surface area contributed by atoms with E-state index in [4.69, 9.17) is 4.42 Å². The van der Waals surface area contributed by atoms with Crippen LogP contribution in [0, 0.1) is 0 Å². The summed E-state index contributed by atoms with van der Waals surface area (Å²) in [6, 6.07) is 1.94. The lowest BCUT2D eigenvalue weighted by Crippen LogP contribution is -2.25. The molecule has 0 fully saturated rings.